The molecule has 30 nitrogen and oxygen atoms in total. The van der Waals surface area contributed by atoms with Gasteiger partial charge in [0.1, 0.15) is 24.4 Å². The first kappa shape index (κ1) is 107. The van der Waals surface area contributed by atoms with E-state index >= 15 is 0 Å². The zero-order chi connectivity index (χ0) is 84.0. The van der Waals surface area contributed by atoms with Crippen molar-refractivity contribution in [3.05, 3.63) is 0 Å². The fraction of sp³-hybridized carbons (Fsp3) is 1.00. The number of rotatable bonds is 83. The molecule has 114 heavy (non-hydrogen) atoms. The average Bonchev–Trinajstić information content (AvgIpc) is 1.79. The Morgan fingerprint density at radius 2 is 0.254 bits per heavy atom. The summed E-state index contributed by atoms with van der Waals surface area (Å²) >= 11 is 0. The van der Waals surface area contributed by atoms with Crippen molar-refractivity contribution in [1.82, 2.24) is 0 Å². The molecule has 3 aliphatic rings. The van der Waals surface area contributed by atoms with Crippen LogP contribution in [0.4, 0.5) is 0 Å². The van der Waals surface area contributed by atoms with Crippen LogP contribution in [0.25, 0.3) is 0 Å². The lowest BCUT2D eigenvalue weighted by Crippen LogP contribution is -2.34. The standard InChI is InChI=1S/C84H164O30/c1-57(87-27-59(3)89-29-61(5)91-31-63(7)93-33-65(9)96-37-69(13)100-41-73(17)104-45-77(21)108-51-82-54-112-82)25-85-49-81(111-48-80(24)107-44-76(20)103-40-72(16)99-36-68(12)95-35-67(11)98-39-71(15)102-43-75(19)106-47-79(23)110-53-84-56-114-84)50-86-26-58(2)88-28-60(4)90-30-62(6)92-32-64(8)94-34-66(10)97-38-70(14)101-42-74(18)105-46-78(22)109-52-83-55-113-83/h57-84H,25-56H2,1-24H3. The highest BCUT2D eigenvalue weighted by Gasteiger charge is 2.28. The summed E-state index contributed by atoms with van der Waals surface area (Å²) in [6.07, 6.45) is -2.65. The third-order valence-corrected chi connectivity index (χ3v) is 17.7. The lowest BCUT2D eigenvalue weighted by atomic mass is 10.3. The quantitative estimate of drug-likeness (QED) is 0.0512. The van der Waals surface area contributed by atoms with Crippen LogP contribution in [0.15, 0.2) is 0 Å². The molecule has 3 fully saturated rings. The molecule has 0 saturated carbocycles. The first-order valence-electron chi connectivity index (χ1n) is 42.8. The number of epoxide rings is 3. The van der Waals surface area contributed by atoms with E-state index in [4.69, 9.17) is 142 Å². The molecule has 0 amide bonds. The van der Waals surface area contributed by atoms with Gasteiger partial charge in [0.25, 0.3) is 0 Å². The van der Waals surface area contributed by atoms with Gasteiger partial charge in [-0.3, -0.25) is 0 Å². The van der Waals surface area contributed by atoms with Crippen LogP contribution in [0.5, 0.6) is 0 Å². The van der Waals surface area contributed by atoms with Gasteiger partial charge in [-0.05, 0) is 166 Å². The predicted octanol–water partition coefficient (Wildman–Crippen LogP) is 9.32. The smallest absolute Gasteiger partial charge is 0.104 e. The molecule has 3 heterocycles. The second-order valence-electron chi connectivity index (χ2n) is 32.4. The number of hydrogen-bond donors (Lipinski definition) is 0. The van der Waals surface area contributed by atoms with Gasteiger partial charge in [-0.1, -0.05) is 0 Å². The Kier molecular flexibility index (Phi) is 61.4. The minimum atomic E-state index is -0.408. The minimum absolute atomic E-state index is 0.000414. The molecule has 0 aromatic heterocycles. The van der Waals surface area contributed by atoms with Crippen LogP contribution in [-0.2, 0) is 142 Å². The molecule has 27 unspecified atom stereocenters. The van der Waals surface area contributed by atoms with Crippen LogP contribution in [0.1, 0.15) is 166 Å². The Morgan fingerprint density at radius 1 is 0.149 bits per heavy atom. The van der Waals surface area contributed by atoms with Crippen molar-refractivity contribution in [3.63, 3.8) is 0 Å². The maximum Gasteiger partial charge on any atom is 0.104 e. The van der Waals surface area contributed by atoms with Crippen molar-refractivity contribution in [2.45, 2.75) is 337 Å². The summed E-state index contributed by atoms with van der Waals surface area (Å²) in [5.41, 5.74) is 0. The summed E-state index contributed by atoms with van der Waals surface area (Å²) in [6.45, 7) is 62.4. The van der Waals surface area contributed by atoms with Gasteiger partial charge in [0, 0.05) is 0 Å². The second-order valence-corrected chi connectivity index (χ2v) is 32.4. The molecular formula is C84H164O30. The van der Waals surface area contributed by atoms with E-state index in [1.807, 2.05) is 166 Å². The number of ether oxygens (including phenoxy) is 30. The first-order valence-corrected chi connectivity index (χ1v) is 42.8. The van der Waals surface area contributed by atoms with Crippen molar-refractivity contribution in [1.29, 1.82) is 0 Å². The Hall–Kier alpha value is -1.20. The van der Waals surface area contributed by atoms with Crippen molar-refractivity contribution >= 4 is 0 Å². The minimum Gasteiger partial charge on any atom is -0.376 e. The third-order valence-electron chi connectivity index (χ3n) is 17.7. The zero-order valence-electron chi connectivity index (χ0n) is 75.0. The third kappa shape index (κ3) is 63.7. The zero-order valence-corrected chi connectivity index (χ0v) is 75.0. The highest BCUT2D eigenvalue weighted by molar-refractivity contribution is 4.72. The van der Waals surface area contributed by atoms with E-state index in [0.29, 0.717) is 178 Å². The molecule has 0 aromatic rings. The molecular weight excluding hydrogens is 1490 g/mol. The van der Waals surface area contributed by atoms with Crippen LogP contribution < -0.4 is 0 Å². The van der Waals surface area contributed by atoms with E-state index in [-0.39, 0.29) is 178 Å². The van der Waals surface area contributed by atoms with Gasteiger partial charge in [-0.2, -0.15) is 0 Å². The number of hydrogen-bond acceptors (Lipinski definition) is 30. The van der Waals surface area contributed by atoms with E-state index in [1.54, 1.807) is 0 Å². The van der Waals surface area contributed by atoms with E-state index in [0.717, 1.165) is 19.8 Å². The molecule has 0 aliphatic carbocycles. The molecule has 3 rings (SSSR count). The van der Waals surface area contributed by atoms with Crippen LogP contribution >= 0.6 is 0 Å². The topological polar surface area (TPSA) is 287 Å². The van der Waals surface area contributed by atoms with Crippen molar-refractivity contribution in [2.75, 3.05) is 211 Å². The van der Waals surface area contributed by atoms with Crippen LogP contribution in [-0.4, -0.2) is 382 Å². The summed E-state index contributed by atoms with van der Waals surface area (Å²) in [4.78, 5) is 0. The molecule has 680 valence electrons. The second kappa shape index (κ2) is 65.5. The van der Waals surface area contributed by atoms with Gasteiger partial charge in [0.2, 0.25) is 0 Å². The molecule has 0 spiro atoms. The molecule has 27 atom stereocenters. The molecule has 0 N–H and O–H groups in total. The highest BCUT2D eigenvalue weighted by atomic mass is 16.7. The van der Waals surface area contributed by atoms with Gasteiger partial charge >= 0.3 is 0 Å². The normalized spacial score (nSPS) is 22.5. The molecule has 3 aliphatic heterocycles. The summed E-state index contributed by atoms with van der Waals surface area (Å²) in [6, 6.07) is 0. The van der Waals surface area contributed by atoms with Gasteiger partial charge in [0.15, 0.2) is 0 Å². The Morgan fingerprint density at radius 3 is 0.377 bits per heavy atom. The van der Waals surface area contributed by atoms with Crippen molar-refractivity contribution in [2.24, 2.45) is 0 Å². The monoisotopic (exact) mass is 1650 g/mol. The maximum atomic E-state index is 6.41. The Labute approximate surface area is 687 Å². The van der Waals surface area contributed by atoms with Gasteiger partial charge in [-0.15, -0.1) is 0 Å². The average molecular weight is 1650 g/mol. The van der Waals surface area contributed by atoms with Crippen LogP contribution in [0.2, 0.25) is 0 Å². The maximum absolute atomic E-state index is 6.41. The lowest BCUT2D eigenvalue weighted by molar-refractivity contribution is -0.127. The SMILES string of the molecule is CC(COCC(COCC(C)OCC(C)OCC(C)OCC(C)OCC(C)OCC(C)OCC(C)OCC(C)OCC1CO1)OCC(C)OCC(C)OCC(C)OCC(C)OCC(C)OCC(C)OCC(C)OCC(C)OCC1CO1)OCC(C)OCC(C)OCC(C)OCC(C)OCC(C)OCC(C)OCC(C)OCC1CO1. The van der Waals surface area contributed by atoms with Gasteiger partial charge in [0.05, 0.1) is 358 Å². The molecule has 30 heteroatoms. The Balaban J connectivity index is 1.33. The largest absolute Gasteiger partial charge is 0.376 e. The van der Waals surface area contributed by atoms with Crippen molar-refractivity contribution < 1.29 is 142 Å². The van der Waals surface area contributed by atoms with E-state index in [2.05, 4.69) is 0 Å². The van der Waals surface area contributed by atoms with Gasteiger partial charge < -0.3 is 142 Å². The summed E-state index contributed by atoms with van der Waals surface area (Å²) in [7, 11) is 0. The summed E-state index contributed by atoms with van der Waals surface area (Å²) < 4.78 is 179. The first-order chi connectivity index (χ1) is 54.4. The van der Waals surface area contributed by atoms with E-state index in [9.17, 15) is 0 Å². The lowest BCUT2D eigenvalue weighted by Gasteiger charge is -2.25. The fourth-order valence-corrected chi connectivity index (χ4v) is 9.90. The summed E-state index contributed by atoms with van der Waals surface area (Å²) in [5, 5.41) is 0. The van der Waals surface area contributed by atoms with Crippen LogP contribution in [0.3, 0.4) is 0 Å². The molecule has 0 aromatic carbocycles. The van der Waals surface area contributed by atoms with E-state index < -0.39 is 6.10 Å². The van der Waals surface area contributed by atoms with Crippen LogP contribution in [0, 0.1) is 0 Å². The summed E-state index contributed by atoms with van der Waals surface area (Å²) in [5.74, 6) is 0. The molecule has 3 saturated heterocycles. The molecule has 0 radical (unpaired) electrons. The van der Waals surface area contributed by atoms with Crippen molar-refractivity contribution in [3.8, 4) is 0 Å². The predicted molar refractivity (Wildman–Crippen MR) is 431 cm³/mol. The fourth-order valence-electron chi connectivity index (χ4n) is 9.90. The molecule has 0 bridgehead atoms. The Bertz CT molecular complexity index is 2080. The van der Waals surface area contributed by atoms with Gasteiger partial charge in [-0.25, -0.2) is 0 Å². The van der Waals surface area contributed by atoms with E-state index in [1.165, 1.54) is 0 Å². The highest BCUT2D eigenvalue weighted by Crippen LogP contribution is 2.16.